The number of carbonyl (C=O) groups is 1. The maximum absolute atomic E-state index is 10.8. The molecule has 0 fully saturated rings. The second-order valence-electron chi connectivity index (χ2n) is 4.20. The van der Waals surface area contributed by atoms with Gasteiger partial charge < -0.3 is 14.6 Å². The fraction of sp³-hybridized carbons (Fsp3) is 0.0667. The summed E-state index contributed by atoms with van der Waals surface area (Å²) in [5, 5.41) is 8.84. The molecule has 0 bridgehead atoms. The number of pyridine rings is 1. The number of ether oxygens (including phenoxy) is 2. The van der Waals surface area contributed by atoms with Crippen molar-refractivity contribution < 1.29 is 19.4 Å². The van der Waals surface area contributed by atoms with E-state index in [9.17, 15) is 4.79 Å². The molecule has 0 radical (unpaired) electrons. The first-order valence-electron chi connectivity index (χ1n) is 6.03. The van der Waals surface area contributed by atoms with E-state index in [-0.39, 0.29) is 5.76 Å². The van der Waals surface area contributed by atoms with Crippen molar-refractivity contribution >= 4 is 12.2 Å². The number of hydrogen-bond acceptors (Lipinski definition) is 4. The lowest BCUT2D eigenvalue weighted by Gasteiger charge is -2.25. The fourth-order valence-corrected chi connectivity index (χ4v) is 2.04. The molecule has 3 rings (SSSR count). The van der Waals surface area contributed by atoms with Crippen LogP contribution < -0.4 is 4.74 Å². The van der Waals surface area contributed by atoms with E-state index in [1.165, 1.54) is 0 Å². The van der Waals surface area contributed by atoms with Gasteiger partial charge >= 0.3 is 6.16 Å². The van der Waals surface area contributed by atoms with Gasteiger partial charge in [-0.3, -0.25) is 4.98 Å². The van der Waals surface area contributed by atoms with Crippen molar-refractivity contribution in [1.82, 2.24) is 4.98 Å². The minimum absolute atomic E-state index is 0.204. The summed E-state index contributed by atoms with van der Waals surface area (Å²) < 4.78 is 10.6. The zero-order chi connectivity index (χ0) is 13.9. The van der Waals surface area contributed by atoms with E-state index in [0.717, 1.165) is 5.56 Å². The highest BCUT2D eigenvalue weighted by Crippen LogP contribution is 2.36. The van der Waals surface area contributed by atoms with Crippen LogP contribution in [0.5, 0.6) is 5.75 Å². The molecule has 0 aliphatic carbocycles. The SMILES string of the molecule is O=C(O)OC1=Cc2ccccc2OC1c1ccccn1. The van der Waals surface area contributed by atoms with E-state index in [2.05, 4.69) is 4.98 Å². The van der Waals surface area contributed by atoms with Crippen molar-refractivity contribution in [2.75, 3.05) is 0 Å². The van der Waals surface area contributed by atoms with Crippen LogP contribution in [-0.2, 0) is 4.74 Å². The lowest BCUT2D eigenvalue weighted by Crippen LogP contribution is -2.19. The Labute approximate surface area is 115 Å². The van der Waals surface area contributed by atoms with Gasteiger partial charge in [-0.15, -0.1) is 0 Å². The number of benzene rings is 1. The molecule has 1 N–H and O–H groups in total. The molecular formula is C15H11NO4. The Kier molecular flexibility index (Phi) is 3.09. The summed E-state index contributed by atoms with van der Waals surface area (Å²) in [6, 6.07) is 12.7. The van der Waals surface area contributed by atoms with Gasteiger partial charge in [-0.1, -0.05) is 24.3 Å². The minimum Gasteiger partial charge on any atom is -0.475 e. The largest absolute Gasteiger partial charge is 0.511 e. The normalized spacial score (nSPS) is 16.6. The number of para-hydroxylation sites is 1. The quantitative estimate of drug-likeness (QED) is 0.847. The molecular weight excluding hydrogens is 258 g/mol. The molecule has 5 nitrogen and oxygen atoms in total. The first-order valence-corrected chi connectivity index (χ1v) is 6.03. The Balaban J connectivity index is 2.04. The van der Waals surface area contributed by atoms with Gasteiger partial charge in [0, 0.05) is 11.8 Å². The smallest absolute Gasteiger partial charge is 0.475 e. The van der Waals surface area contributed by atoms with Gasteiger partial charge in [0.2, 0.25) is 0 Å². The molecule has 1 aliphatic rings. The number of carboxylic acid groups (broad SMARTS) is 1. The molecule has 1 aromatic heterocycles. The van der Waals surface area contributed by atoms with Crippen LogP contribution >= 0.6 is 0 Å². The van der Waals surface area contributed by atoms with E-state index < -0.39 is 12.3 Å². The topological polar surface area (TPSA) is 68.7 Å². The minimum atomic E-state index is -1.37. The number of hydrogen-bond donors (Lipinski definition) is 1. The van der Waals surface area contributed by atoms with Gasteiger partial charge in [-0.05, 0) is 24.3 Å². The summed E-state index contributed by atoms with van der Waals surface area (Å²) in [4.78, 5) is 15.0. The van der Waals surface area contributed by atoms with Crippen LogP contribution in [0.1, 0.15) is 17.4 Å². The average molecular weight is 269 g/mol. The summed E-state index contributed by atoms with van der Waals surface area (Å²) in [5.41, 5.74) is 1.37. The van der Waals surface area contributed by atoms with Crippen LogP contribution in [0, 0.1) is 0 Å². The molecule has 20 heavy (non-hydrogen) atoms. The molecule has 0 spiro atoms. The van der Waals surface area contributed by atoms with Gasteiger partial charge in [0.1, 0.15) is 5.75 Å². The van der Waals surface area contributed by atoms with Crippen LogP contribution in [0.2, 0.25) is 0 Å². The third-order valence-electron chi connectivity index (χ3n) is 2.88. The zero-order valence-corrected chi connectivity index (χ0v) is 10.4. The van der Waals surface area contributed by atoms with Crippen LogP contribution in [0.4, 0.5) is 4.79 Å². The molecule has 1 atom stereocenters. The lowest BCUT2D eigenvalue weighted by molar-refractivity contribution is 0.0889. The van der Waals surface area contributed by atoms with Crippen molar-refractivity contribution in [3.05, 3.63) is 65.7 Å². The highest BCUT2D eigenvalue weighted by Gasteiger charge is 2.28. The van der Waals surface area contributed by atoms with E-state index in [1.54, 1.807) is 24.4 Å². The maximum atomic E-state index is 10.8. The van der Waals surface area contributed by atoms with E-state index in [0.29, 0.717) is 11.4 Å². The van der Waals surface area contributed by atoms with Gasteiger partial charge in [0.05, 0.1) is 5.69 Å². The van der Waals surface area contributed by atoms with Gasteiger partial charge in [-0.25, -0.2) is 4.79 Å². The first kappa shape index (κ1) is 12.2. The van der Waals surface area contributed by atoms with E-state index in [4.69, 9.17) is 14.6 Å². The van der Waals surface area contributed by atoms with Crippen LogP contribution in [0.25, 0.3) is 6.08 Å². The van der Waals surface area contributed by atoms with Gasteiger partial charge in [0.25, 0.3) is 0 Å². The molecule has 100 valence electrons. The third-order valence-corrected chi connectivity index (χ3v) is 2.88. The van der Waals surface area contributed by atoms with Crippen molar-refractivity contribution in [2.24, 2.45) is 0 Å². The summed E-state index contributed by atoms with van der Waals surface area (Å²) in [6.45, 7) is 0. The molecule has 2 aromatic rings. The Morgan fingerprint density at radius 2 is 2.00 bits per heavy atom. The highest BCUT2D eigenvalue weighted by atomic mass is 16.7. The molecule has 2 heterocycles. The average Bonchev–Trinajstić information content (AvgIpc) is 2.47. The van der Waals surface area contributed by atoms with Gasteiger partial charge in [0.15, 0.2) is 11.9 Å². The zero-order valence-electron chi connectivity index (χ0n) is 10.4. The van der Waals surface area contributed by atoms with Crippen LogP contribution in [0.3, 0.4) is 0 Å². The number of nitrogens with zero attached hydrogens (tertiary/aromatic N) is 1. The summed E-state index contributed by atoms with van der Waals surface area (Å²) in [5.74, 6) is 0.871. The second kappa shape index (κ2) is 5.05. The third kappa shape index (κ3) is 2.33. The maximum Gasteiger partial charge on any atom is 0.511 e. The highest BCUT2D eigenvalue weighted by molar-refractivity contribution is 5.66. The monoisotopic (exact) mass is 269 g/mol. The Morgan fingerprint density at radius 1 is 1.20 bits per heavy atom. The Morgan fingerprint density at radius 3 is 2.75 bits per heavy atom. The van der Waals surface area contributed by atoms with Crippen molar-refractivity contribution in [2.45, 2.75) is 6.10 Å². The Bertz CT molecular complexity index is 667. The molecule has 0 saturated heterocycles. The summed E-state index contributed by atoms with van der Waals surface area (Å²) in [6.07, 6.45) is 1.24. The number of fused-ring (bicyclic) bond motifs is 1. The van der Waals surface area contributed by atoms with E-state index in [1.807, 2.05) is 30.3 Å². The number of aromatic nitrogens is 1. The standard InChI is InChI=1S/C15H11NO4/c17-15(18)20-13-9-10-5-1-2-7-12(10)19-14(13)11-6-3-4-8-16-11/h1-9,14H,(H,17,18). The van der Waals surface area contributed by atoms with Crippen LogP contribution in [0.15, 0.2) is 54.4 Å². The molecule has 5 heteroatoms. The van der Waals surface area contributed by atoms with Crippen molar-refractivity contribution in [3.8, 4) is 5.75 Å². The van der Waals surface area contributed by atoms with Crippen LogP contribution in [-0.4, -0.2) is 16.2 Å². The first-order chi connectivity index (χ1) is 9.74. The summed E-state index contributed by atoms with van der Waals surface area (Å²) in [7, 11) is 0. The van der Waals surface area contributed by atoms with E-state index >= 15 is 0 Å². The van der Waals surface area contributed by atoms with Crippen molar-refractivity contribution in [3.63, 3.8) is 0 Å². The van der Waals surface area contributed by atoms with Crippen molar-refractivity contribution in [1.29, 1.82) is 0 Å². The summed E-state index contributed by atoms with van der Waals surface area (Å²) >= 11 is 0. The second-order valence-corrected chi connectivity index (χ2v) is 4.20. The molecule has 1 aromatic carbocycles. The fourth-order valence-electron chi connectivity index (χ4n) is 2.04. The molecule has 1 aliphatic heterocycles. The Hall–Kier alpha value is -2.82. The van der Waals surface area contributed by atoms with Gasteiger partial charge in [-0.2, -0.15) is 0 Å². The predicted molar refractivity (Wildman–Crippen MR) is 71.1 cm³/mol. The number of rotatable bonds is 2. The molecule has 0 saturated carbocycles. The molecule has 0 amide bonds. The lowest BCUT2D eigenvalue weighted by atomic mass is 10.1. The predicted octanol–water partition coefficient (Wildman–Crippen LogP) is 3.25. The molecule has 1 unspecified atom stereocenters.